The average Bonchev–Trinajstić information content (AvgIpc) is 3.23. The van der Waals surface area contributed by atoms with Crippen molar-refractivity contribution >= 4 is 78.3 Å². The van der Waals surface area contributed by atoms with E-state index in [4.69, 9.17) is 18.9 Å². The Morgan fingerprint density at radius 2 is 0.714 bits per heavy atom. The topological polar surface area (TPSA) is 71.1 Å². The Morgan fingerprint density at radius 3 is 1.05 bits per heavy atom. The maximum Gasteiger partial charge on any atom is 0.193 e. The summed E-state index contributed by atoms with van der Waals surface area (Å²) in [4.78, 5) is 26.0. The number of benzene rings is 8. The van der Waals surface area contributed by atoms with E-state index in [1.54, 1.807) is 38.5 Å². The minimum Gasteiger partial charge on any atom is -0.496 e. The van der Waals surface area contributed by atoms with Gasteiger partial charge in [-0.05, 0) is 212 Å². The smallest absolute Gasteiger partial charge is 0.193 e. The summed E-state index contributed by atoms with van der Waals surface area (Å²) < 4.78 is 26.6. The predicted octanol–water partition coefficient (Wildman–Crippen LogP) is 12.9. The molecule has 6 nitrogen and oxygen atoms in total. The minimum atomic E-state index is -0.0363. The molecule has 8 heteroatoms. The predicted molar refractivity (Wildman–Crippen MR) is 238 cm³/mol. The third kappa shape index (κ3) is 7.71. The monoisotopic (exact) mass is 958 g/mol. The van der Waals surface area contributed by atoms with Crippen LogP contribution in [-0.2, 0) is 0 Å². The molecule has 0 heterocycles. The van der Waals surface area contributed by atoms with E-state index < -0.39 is 0 Å². The molecule has 0 saturated heterocycles. The molecule has 0 fully saturated rings. The van der Waals surface area contributed by atoms with Gasteiger partial charge in [-0.1, -0.05) is 12.1 Å². The van der Waals surface area contributed by atoms with Gasteiger partial charge in [-0.2, -0.15) is 0 Å². The van der Waals surface area contributed by atoms with Gasteiger partial charge in [-0.15, -0.1) is 0 Å². The Labute approximate surface area is 351 Å². The van der Waals surface area contributed by atoms with Crippen LogP contribution in [0.25, 0.3) is 32.7 Å². The molecule has 0 aliphatic heterocycles. The highest BCUT2D eigenvalue weighted by Gasteiger charge is 2.20. The van der Waals surface area contributed by atoms with Gasteiger partial charge in [-0.3, -0.25) is 9.59 Å². The molecule has 0 amide bonds. The van der Waals surface area contributed by atoms with Crippen LogP contribution in [0.5, 0.6) is 34.5 Å². The van der Waals surface area contributed by atoms with Crippen molar-refractivity contribution in [3.05, 3.63) is 187 Å². The second-order valence-electron chi connectivity index (χ2n) is 13.0. The van der Waals surface area contributed by atoms with Gasteiger partial charge in [0.05, 0.1) is 14.2 Å². The number of halogens is 2. The van der Waals surface area contributed by atoms with E-state index in [1.165, 1.54) is 0 Å². The minimum absolute atomic E-state index is 0.0363. The lowest BCUT2D eigenvalue weighted by Crippen LogP contribution is -2.01. The van der Waals surface area contributed by atoms with Crippen molar-refractivity contribution in [2.75, 3.05) is 14.2 Å². The first-order chi connectivity index (χ1) is 27.3. The molecule has 0 aliphatic rings. The number of fused-ring (bicyclic) bond motifs is 2. The molecule has 8 aromatic carbocycles. The van der Waals surface area contributed by atoms with Crippen LogP contribution in [0.4, 0.5) is 0 Å². The van der Waals surface area contributed by atoms with Crippen LogP contribution in [0.1, 0.15) is 31.8 Å². The molecular formula is C48H32I2O6. The lowest BCUT2D eigenvalue weighted by atomic mass is 9.92. The summed E-state index contributed by atoms with van der Waals surface area (Å²) >= 11 is 4.45. The second kappa shape index (κ2) is 16.2. The molecule has 56 heavy (non-hydrogen) atoms. The van der Waals surface area contributed by atoms with Gasteiger partial charge in [0.25, 0.3) is 0 Å². The normalized spacial score (nSPS) is 11.0. The zero-order chi connectivity index (χ0) is 38.8. The van der Waals surface area contributed by atoms with Crippen molar-refractivity contribution in [3.63, 3.8) is 0 Å². The lowest BCUT2D eigenvalue weighted by molar-refractivity contribution is 0.103. The molecule has 0 aromatic heterocycles. The van der Waals surface area contributed by atoms with Gasteiger partial charge in [0.1, 0.15) is 34.5 Å². The van der Waals surface area contributed by atoms with Crippen molar-refractivity contribution in [3.8, 4) is 45.6 Å². The van der Waals surface area contributed by atoms with Crippen LogP contribution in [0.2, 0.25) is 0 Å². The third-order valence-corrected chi connectivity index (χ3v) is 11.0. The Kier molecular flexibility index (Phi) is 10.7. The summed E-state index contributed by atoms with van der Waals surface area (Å²) in [7, 11) is 3.33. The molecule has 0 unspecified atom stereocenters. The first-order valence-corrected chi connectivity index (χ1v) is 19.8. The van der Waals surface area contributed by atoms with E-state index in [1.807, 2.05) is 133 Å². The first kappa shape index (κ1) is 37.2. The number of carbonyl (C=O) groups is 2. The fraction of sp³-hybridized carbons (Fsp3) is 0.0417. The van der Waals surface area contributed by atoms with Crippen LogP contribution >= 0.6 is 45.2 Å². The summed E-state index contributed by atoms with van der Waals surface area (Å²) in [5.41, 5.74) is 4.26. The SMILES string of the molecule is COc1ccc2cc(Oc3ccc(C(=O)c4ccc(I)cc4)cc3)ccc2c1-c1c(OC)ccc2cc(Oc3ccc(C(=O)c4ccc(I)cc4)cc3)ccc12. The highest BCUT2D eigenvalue weighted by Crippen LogP contribution is 2.46. The van der Waals surface area contributed by atoms with Crippen molar-refractivity contribution in [1.29, 1.82) is 0 Å². The van der Waals surface area contributed by atoms with Crippen molar-refractivity contribution in [2.45, 2.75) is 0 Å². The van der Waals surface area contributed by atoms with Crippen molar-refractivity contribution in [1.82, 2.24) is 0 Å². The van der Waals surface area contributed by atoms with Crippen molar-refractivity contribution < 1.29 is 28.5 Å². The summed E-state index contributed by atoms with van der Waals surface area (Å²) in [6.07, 6.45) is 0. The zero-order valence-electron chi connectivity index (χ0n) is 30.2. The largest absolute Gasteiger partial charge is 0.496 e. The van der Waals surface area contributed by atoms with Gasteiger partial charge >= 0.3 is 0 Å². The zero-order valence-corrected chi connectivity index (χ0v) is 34.5. The van der Waals surface area contributed by atoms with Crippen LogP contribution in [0.15, 0.2) is 158 Å². The molecule has 0 saturated carbocycles. The fourth-order valence-electron chi connectivity index (χ4n) is 6.72. The quantitative estimate of drug-likeness (QED) is 0.0950. The Balaban J connectivity index is 1.07. The maximum atomic E-state index is 13.0. The van der Waals surface area contributed by atoms with E-state index in [0.717, 1.165) is 39.8 Å². The van der Waals surface area contributed by atoms with Crippen LogP contribution in [0, 0.1) is 7.14 Å². The lowest BCUT2D eigenvalue weighted by Gasteiger charge is -2.18. The Hall–Kier alpha value is -5.72. The molecule has 274 valence electrons. The summed E-state index contributed by atoms with van der Waals surface area (Å²) in [6.45, 7) is 0. The average molecular weight is 959 g/mol. The molecule has 8 rings (SSSR count). The van der Waals surface area contributed by atoms with Crippen LogP contribution in [-0.4, -0.2) is 25.8 Å². The van der Waals surface area contributed by atoms with Crippen LogP contribution in [0.3, 0.4) is 0 Å². The van der Waals surface area contributed by atoms with Gasteiger partial charge in [0.2, 0.25) is 0 Å². The standard InChI is InChI=1S/C48H32I2O6/c1-53-43-25-11-33-27-39(55-37-17-7-31(8-18-37)47(51)29-3-13-35(49)14-4-29)21-23-41(33)45(43)46-42-24-22-40(28-34(42)12-26-44(46)54-2)56-38-19-9-32(10-20-38)48(52)30-5-15-36(50)16-6-30/h3-28H,1-2H3. The Bertz CT molecular complexity index is 2550. The van der Waals surface area contributed by atoms with E-state index in [9.17, 15) is 9.59 Å². The Morgan fingerprint density at radius 1 is 0.393 bits per heavy atom. The van der Waals surface area contributed by atoms with Crippen molar-refractivity contribution in [2.24, 2.45) is 0 Å². The van der Waals surface area contributed by atoms with E-state index in [2.05, 4.69) is 45.2 Å². The fourth-order valence-corrected chi connectivity index (χ4v) is 7.43. The number of rotatable bonds is 11. The molecule has 8 aromatic rings. The molecule has 0 N–H and O–H groups in total. The van der Waals surface area contributed by atoms with Gasteiger partial charge < -0.3 is 18.9 Å². The molecule has 0 bridgehead atoms. The maximum absolute atomic E-state index is 13.0. The molecule has 0 spiro atoms. The number of ether oxygens (including phenoxy) is 4. The highest BCUT2D eigenvalue weighted by atomic mass is 127. The number of carbonyl (C=O) groups excluding carboxylic acids is 2. The second-order valence-corrected chi connectivity index (χ2v) is 15.5. The van der Waals surface area contributed by atoms with Gasteiger partial charge in [-0.25, -0.2) is 0 Å². The van der Waals surface area contributed by atoms with E-state index in [-0.39, 0.29) is 11.6 Å². The summed E-state index contributed by atoms with van der Waals surface area (Å²) in [5, 5.41) is 3.82. The first-order valence-electron chi connectivity index (χ1n) is 17.7. The van der Waals surface area contributed by atoms with Gasteiger partial charge in [0.15, 0.2) is 11.6 Å². The van der Waals surface area contributed by atoms with E-state index >= 15 is 0 Å². The van der Waals surface area contributed by atoms with Gasteiger partial charge in [0, 0.05) is 40.5 Å². The highest BCUT2D eigenvalue weighted by molar-refractivity contribution is 14.1. The van der Waals surface area contributed by atoms with Crippen LogP contribution < -0.4 is 18.9 Å². The molecule has 0 aliphatic carbocycles. The molecule has 0 atom stereocenters. The molecule has 0 radical (unpaired) electrons. The summed E-state index contributed by atoms with van der Waals surface area (Å²) in [6, 6.07) is 49.3. The van der Waals surface area contributed by atoms with E-state index in [0.29, 0.717) is 56.8 Å². The third-order valence-electron chi connectivity index (χ3n) is 9.51. The summed E-state index contributed by atoms with van der Waals surface area (Å²) in [5.74, 6) is 3.89. The number of hydrogen-bond donors (Lipinski definition) is 0. The number of ketones is 2. The number of hydrogen-bond acceptors (Lipinski definition) is 6. The number of methoxy groups -OCH3 is 2. The molecular weight excluding hydrogens is 926 g/mol.